The zero-order valence-electron chi connectivity index (χ0n) is 16.0. The summed E-state index contributed by atoms with van der Waals surface area (Å²) in [6.07, 6.45) is 2.02. The van der Waals surface area contributed by atoms with Gasteiger partial charge in [-0.3, -0.25) is 4.79 Å². The van der Waals surface area contributed by atoms with Gasteiger partial charge >= 0.3 is 5.97 Å². The number of hydrogen-bond donors (Lipinski definition) is 1. The molecule has 1 aromatic heterocycles. The number of aryl methyl sites for hydroxylation is 1. The third kappa shape index (κ3) is 6.67. The van der Waals surface area contributed by atoms with Crippen molar-refractivity contribution in [1.82, 2.24) is 4.98 Å². The number of rotatable bonds is 11. The summed E-state index contributed by atoms with van der Waals surface area (Å²) in [5.41, 5.74) is 4.28. The molecule has 2 rings (SSSR count). The molecule has 0 bridgehead atoms. The lowest BCUT2D eigenvalue weighted by molar-refractivity contribution is -0.139. The molecular weight excluding hydrogens is 364 g/mol. The van der Waals surface area contributed by atoms with E-state index in [9.17, 15) is 9.90 Å². The first-order valence-corrected chi connectivity index (χ1v) is 9.89. The highest BCUT2D eigenvalue weighted by Gasteiger charge is 2.22. The van der Waals surface area contributed by atoms with Gasteiger partial charge in [-0.1, -0.05) is 24.2 Å². The summed E-state index contributed by atoms with van der Waals surface area (Å²) >= 11 is 1.64. The predicted molar refractivity (Wildman–Crippen MR) is 107 cm³/mol. The standard InChI is InChI=1S/C20H26N2O4S/c1-4-10-26-22-14(2)18(20(23)24)12-16-5-7-17(8-6-16)25-11-9-19-15(3)21-13-27-19/h5-8,13,18H,4,9-12H2,1-3H3,(H,23,24). The van der Waals surface area contributed by atoms with Crippen molar-refractivity contribution in [2.45, 2.75) is 40.0 Å². The van der Waals surface area contributed by atoms with E-state index in [4.69, 9.17) is 9.57 Å². The fourth-order valence-electron chi connectivity index (χ4n) is 2.50. The maximum Gasteiger partial charge on any atom is 0.312 e. The monoisotopic (exact) mass is 390 g/mol. The number of ether oxygens (including phenoxy) is 1. The SMILES string of the molecule is CCCON=C(C)C(Cc1ccc(OCCc2scnc2C)cc1)C(=O)O. The van der Waals surface area contributed by atoms with Crippen molar-refractivity contribution in [3.05, 3.63) is 45.9 Å². The second kappa shape index (κ2) is 10.7. The van der Waals surface area contributed by atoms with Crippen molar-refractivity contribution in [2.24, 2.45) is 11.1 Å². The molecule has 2 aromatic rings. The van der Waals surface area contributed by atoms with E-state index in [-0.39, 0.29) is 0 Å². The molecule has 1 heterocycles. The third-order valence-electron chi connectivity index (χ3n) is 4.11. The largest absolute Gasteiger partial charge is 0.493 e. The quantitative estimate of drug-likeness (QED) is 0.355. The van der Waals surface area contributed by atoms with Crippen LogP contribution in [0.15, 0.2) is 34.9 Å². The second-order valence-corrected chi connectivity index (χ2v) is 7.20. The predicted octanol–water partition coefficient (Wildman–Crippen LogP) is 4.12. The van der Waals surface area contributed by atoms with Gasteiger partial charge in [-0.05, 0) is 44.4 Å². The fraction of sp³-hybridized carbons (Fsp3) is 0.450. The Kier molecular flexibility index (Phi) is 8.26. The molecule has 0 aliphatic carbocycles. The van der Waals surface area contributed by atoms with E-state index in [0.29, 0.717) is 25.3 Å². The summed E-state index contributed by atoms with van der Waals surface area (Å²) in [5.74, 6) is -0.844. The molecule has 6 nitrogen and oxygen atoms in total. The van der Waals surface area contributed by atoms with Gasteiger partial charge in [0.2, 0.25) is 0 Å². The Morgan fingerprint density at radius 2 is 2.04 bits per heavy atom. The highest BCUT2D eigenvalue weighted by molar-refractivity contribution is 7.09. The molecule has 1 aromatic carbocycles. The number of carboxylic acid groups (broad SMARTS) is 1. The summed E-state index contributed by atoms with van der Waals surface area (Å²) in [6.45, 7) is 6.73. The van der Waals surface area contributed by atoms with Gasteiger partial charge in [0.1, 0.15) is 18.3 Å². The van der Waals surface area contributed by atoms with E-state index < -0.39 is 11.9 Å². The van der Waals surface area contributed by atoms with Crippen LogP contribution in [0.4, 0.5) is 0 Å². The molecule has 0 radical (unpaired) electrons. The Balaban J connectivity index is 1.89. The minimum atomic E-state index is -0.906. The van der Waals surface area contributed by atoms with Gasteiger partial charge in [0.25, 0.3) is 0 Å². The van der Waals surface area contributed by atoms with Gasteiger partial charge < -0.3 is 14.7 Å². The van der Waals surface area contributed by atoms with E-state index >= 15 is 0 Å². The van der Waals surface area contributed by atoms with Gasteiger partial charge in [0, 0.05) is 11.3 Å². The van der Waals surface area contributed by atoms with Gasteiger partial charge in [0.05, 0.1) is 23.5 Å². The van der Waals surface area contributed by atoms with E-state index in [0.717, 1.165) is 29.8 Å². The van der Waals surface area contributed by atoms with E-state index in [1.165, 1.54) is 4.88 Å². The van der Waals surface area contributed by atoms with Crippen LogP contribution in [0.25, 0.3) is 0 Å². The molecular formula is C20H26N2O4S. The number of nitrogens with zero attached hydrogens (tertiary/aromatic N) is 2. The van der Waals surface area contributed by atoms with Crippen LogP contribution in [0.3, 0.4) is 0 Å². The highest BCUT2D eigenvalue weighted by Crippen LogP contribution is 2.18. The van der Waals surface area contributed by atoms with Crippen LogP contribution in [-0.2, 0) is 22.5 Å². The Bertz CT molecular complexity index is 756. The van der Waals surface area contributed by atoms with Crippen molar-refractivity contribution >= 4 is 23.0 Å². The van der Waals surface area contributed by atoms with Gasteiger partial charge in [-0.15, -0.1) is 11.3 Å². The van der Waals surface area contributed by atoms with E-state index in [1.807, 2.05) is 43.6 Å². The lowest BCUT2D eigenvalue weighted by Gasteiger charge is -2.13. The molecule has 27 heavy (non-hydrogen) atoms. The summed E-state index contributed by atoms with van der Waals surface area (Å²) < 4.78 is 5.77. The fourth-order valence-corrected chi connectivity index (χ4v) is 3.26. The van der Waals surface area contributed by atoms with Crippen molar-refractivity contribution in [2.75, 3.05) is 13.2 Å². The molecule has 0 amide bonds. The molecule has 0 spiro atoms. The number of carbonyl (C=O) groups is 1. The van der Waals surface area contributed by atoms with E-state index in [2.05, 4.69) is 10.1 Å². The number of aliphatic carboxylic acids is 1. The Labute approximate surface area is 163 Å². The first-order valence-electron chi connectivity index (χ1n) is 9.01. The number of oxime groups is 1. The molecule has 0 saturated heterocycles. The lowest BCUT2D eigenvalue weighted by atomic mass is 9.95. The first kappa shape index (κ1) is 20.9. The summed E-state index contributed by atoms with van der Waals surface area (Å²) in [5, 5.41) is 13.4. The molecule has 7 heteroatoms. The molecule has 0 aliphatic heterocycles. The molecule has 1 atom stereocenters. The molecule has 0 saturated carbocycles. The van der Waals surface area contributed by atoms with Crippen molar-refractivity contribution < 1.29 is 19.5 Å². The zero-order valence-corrected chi connectivity index (χ0v) is 16.8. The zero-order chi connectivity index (χ0) is 19.6. The highest BCUT2D eigenvalue weighted by atomic mass is 32.1. The minimum absolute atomic E-state index is 0.362. The Morgan fingerprint density at radius 1 is 1.30 bits per heavy atom. The van der Waals surface area contributed by atoms with Gasteiger partial charge in [-0.25, -0.2) is 4.98 Å². The Morgan fingerprint density at radius 3 is 2.63 bits per heavy atom. The van der Waals surface area contributed by atoms with Crippen LogP contribution < -0.4 is 4.74 Å². The van der Waals surface area contributed by atoms with Crippen molar-refractivity contribution in [1.29, 1.82) is 0 Å². The molecule has 0 aliphatic rings. The number of benzene rings is 1. The normalized spacial score (nSPS) is 12.6. The average Bonchev–Trinajstić information content (AvgIpc) is 3.05. The summed E-state index contributed by atoms with van der Waals surface area (Å²) in [6, 6.07) is 7.52. The van der Waals surface area contributed by atoms with Crippen LogP contribution in [0, 0.1) is 12.8 Å². The molecule has 1 unspecified atom stereocenters. The van der Waals surface area contributed by atoms with Crippen molar-refractivity contribution in [3.8, 4) is 5.75 Å². The van der Waals surface area contributed by atoms with Crippen LogP contribution in [-0.4, -0.2) is 35.0 Å². The van der Waals surface area contributed by atoms with Crippen LogP contribution >= 0.6 is 11.3 Å². The summed E-state index contributed by atoms with van der Waals surface area (Å²) in [4.78, 5) is 22.1. The first-order chi connectivity index (χ1) is 13.0. The maximum absolute atomic E-state index is 11.6. The maximum atomic E-state index is 11.6. The van der Waals surface area contributed by atoms with Crippen molar-refractivity contribution in [3.63, 3.8) is 0 Å². The van der Waals surface area contributed by atoms with Crippen LogP contribution in [0.1, 0.15) is 36.4 Å². The van der Waals surface area contributed by atoms with Gasteiger partial charge in [-0.2, -0.15) is 0 Å². The lowest BCUT2D eigenvalue weighted by Crippen LogP contribution is -2.24. The average molecular weight is 391 g/mol. The van der Waals surface area contributed by atoms with Crippen LogP contribution in [0.5, 0.6) is 5.75 Å². The molecule has 0 fully saturated rings. The Hall–Kier alpha value is -2.41. The van der Waals surface area contributed by atoms with Gasteiger partial charge in [0.15, 0.2) is 0 Å². The van der Waals surface area contributed by atoms with Crippen LogP contribution in [0.2, 0.25) is 0 Å². The number of thiazole rings is 1. The molecule has 146 valence electrons. The second-order valence-electron chi connectivity index (χ2n) is 6.26. The van der Waals surface area contributed by atoms with E-state index in [1.54, 1.807) is 18.3 Å². The third-order valence-corrected chi connectivity index (χ3v) is 5.11. The molecule has 1 N–H and O–H groups in total. The topological polar surface area (TPSA) is 81.0 Å². The smallest absolute Gasteiger partial charge is 0.312 e. The number of carboxylic acids is 1. The summed E-state index contributed by atoms with van der Waals surface area (Å²) in [7, 11) is 0. The minimum Gasteiger partial charge on any atom is -0.493 e. The number of aromatic nitrogens is 1. The number of hydrogen-bond acceptors (Lipinski definition) is 6.